The van der Waals surface area contributed by atoms with Crippen LogP contribution < -0.4 is 10.7 Å². The number of hydrogen-bond donors (Lipinski definition) is 4. The zero-order valence-electron chi connectivity index (χ0n) is 18.5. The summed E-state index contributed by atoms with van der Waals surface area (Å²) in [7, 11) is 0. The van der Waals surface area contributed by atoms with Gasteiger partial charge in [-0.25, -0.2) is 10.4 Å². The topological polar surface area (TPSA) is 127 Å². The highest BCUT2D eigenvalue weighted by atomic mass is 16.2. The molecular weight excluding hydrogens is 430 g/mol. The highest BCUT2D eigenvalue weighted by molar-refractivity contribution is 6.24. The fourth-order valence-electron chi connectivity index (χ4n) is 4.22. The second kappa shape index (κ2) is 9.14. The number of Topliss-reactive ketones (excluding diaryl/α,β-unsaturated/α-hetero) is 1. The average Bonchev–Trinajstić information content (AvgIpc) is 3.60. The molecule has 34 heavy (non-hydrogen) atoms. The standard InChI is InChI=1S/C25H23N7O2/c1-15-17(7-8-21(33)24-28-11-12-29-24)22(16-5-3-2-4-6-16)19(31-15)13-20-23(27-10-9-26-20)18-14-30-32-25(18)34/h2-6,9-14,18,26,31H,7-8H2,1H3,(H,28,29)(H,32,34). The number of allylic oxidation sites excluding steroid dienone is 1. The van der Waals surface area contributed by atoms with E-state index in [0.717, 1.165) is 28.1 Å². The molecule has 0 radical (unpaired) electrons. The molecule has 0 saturated heterocycles. The van der Waals surface area contributed by atoms with Crippen molar-refractivity contribution in [3.8, 4) is 11.1 Å². The highest BCUT2D eigenvalue weighted by Crippen LogP contribution is 2.33. The lowest BCUT2D eigenvalue weighted by Gasteiger charge is -2.16. The number of aliphatic imine (C=N–C) groups is 1. The summed E-state index contributed by atoms with van der Waals surface area (Å²) in [5.41, 5.74) is 8.69. The zero-order valence-corrected chi connectivity index (χ0v) is 18.5. The Balaban J connectivity index is 1.53. The lowest BCUT2D eigenvalue weighted by atomic mass is 9.94. The smallest absolute Gasteiger partial charge is 0.254 e. The average molecular weight is 454 g/mol. The summed E-state index contributed by atoms with van der Waals surface area (Å²) < 4.78 is 0. The maximum Gasteiger partial charge on any atom is 0.254 e. The van der Waals surface area contributed by atoms with Crippen molar-refractivity contribution in [2.45, 2.75) is 19.8 Å². The summed E-state index contributed by atoms with van der Waals surface area (Å²) in [6, 6.07) is 10.0. The summed E-state index contributed by atoms with van der Waals surface area (Å²) >= 11 is 0. The maximum atomic E-state index is 12.6. The molecule has 170 valence electrons. The highest BCUT2D eigenvalue weighted by Gasteiger charge is 2.30. The lowest BCUT2D eigenvalue weighted by molar-refractivity contribution is -0.120. The molecule has 0 spiro atoms. The van der Waals surface area contributed by atoms with Crippen molar-refractivity contribution in [2.75, 3.05) is 0 Å². The minimum absolute atomic E-state index is 0.0375. The van der Waals surface area contributed by atoms with Crippen LogP contribution in [0.3, 0.4) is 0 Å². The van der Waals surface area contributed by atoms with E-state index >= 15 is 0 Å². The van der Waals surface area contributed by atoms with Gasteiger partial charge in [0.25, 0.3) is 5.91 Å². The van der Waals surface area contributed by atoms with Crippen molar-refractivity contribution in [1.82, 2.24) is 25.7 Å². The molecule has 0 fully saturated rings. The molecule has 2 aromatic heterocycles. The van der Waals surface area contributed by atoms with Crippen molar-refractivity contribution >= 4 is 29.7 Å². The third-order valence-corrected chi connectivity index (χ3v) is 5.84. The van der Waals surface area contributed by atoms with Crippen LogP contribution >= 0.6 is 0 Å². The van der Waals surface area contributed by atoms with Crippen LogP contribution in [0.15, 0.2) is 70.9 Å². The van der Waals surface area contributed by atoms with Crippen LogP contribution in [0.1, 0.15) is 34.0 Å². The number of benzene rings is 1. The van der Waals surface area contributed by atoms with Gasteiger partial charge in [0.15, 0.2) is 11.6 Å². The first-order valence-electron chi connectivity index (χ1n) is 11.0. The Hall–Kier alpha value is -4.53. The number of ketones is 1. The Kier molecular flexibility index (Phi) is 5.73. The van der Waals surface area contributed by atoms with Crippen LogP contribution in [0.2, 0.25) is 0 Å². The van der Waals surface area contributed by atoms with Gasteiger partial charge in [-0.05, 0) is 30.5 Å². The lowest BCUT2D eigenvalue weighted by Crippen LogP contribution is -2.32. The fourth-order valence-corrected chi connectivity index (χ4v) is 4.22. The van der Waals surface area contributed by atoms with E-state index in [2.05, 4.69) is 35.8 Å². The van der Waals surface area contributed by atoms with Crippen LogP contribution in [0.4, 0.5) is 0 Å². The Morgan fingerprint density at radius 2 is 2.06 bits per heavy atom. The maximum absolute atomic E-state index is 12.6. The van der Waals surface area contributed by atoms with Gasteiger partial charge in [-0.2, -0.15) is 5.10 Å². The molecular formula is C25H23N7O2. The summed E-state index contributed by atoms with van der Waals surface area (Å²) in [6.45, 7) is 2.00. The van der Waals surface area contributed by atoms with Crippen LogP contribution in [-0.2, 0) is 11.2 Å². The number of amides is 1. The third-order valence-electron chi connectivity index (χ3n) is 5.84. The van der Waals surface area contributed by atoms with E-state index in [1.165, 1.54) is 0 Å². The van der Waals surface area contributed by atoms with E-state index in [9.17, 15) is 9.59 Å². The van der Waals surface area contributed by atoms with E-state index in [1.807, 2.05) is 43.3 Å². The second-order valence-corrected chi connectivity index (χ2v) is 8.01. The summed E-state index contributed by atoms with van der Waals surface area (Å²) in [4.78, 5) is 39.7. The van der Waals surface area contributed by atoms with Crippen LogP contribution in [0, 0.1) is 12.8 Å². The Morgan fingerprint density at radius 1 is 1.21 bits per heavy atom. The summed E-state index contributed by atoms with van der Waals surface area (Å²) in [6.07, 6.45) is 11.0. The number of carbonyl (C=O) groups is 2. The number of hydrogen-bond acceptors (Lipinski definition) is 6. The van der Waals surface area contributed by atoms with Crippen molar-refractivity contribution in [3.63, 3.8) is 0 Å². The Morgan fingerprint density at radius 3 is 2.79 bits per heavy atom. The first-order chi connectivity index (χ1) is 16.6. The van der Waals surface area contributed by atoms with Gasteiger partial charge in [-0.1, -0.05) is 30.3 Å². The van der Waals surface area contributed by atoms with E-state index in [1.54, 1.807) is 31.0 Å². The molecule has 5 rings (SSSR count). The fraction of sp³-hybridized carbons (Fsp3) is 0.160. The molecule has 4 heterocycles. The zero-order chi connectivity index (χ0) is 23.5. The number of H-pyrrole nitrogens is 2. The minimum atomic E-state index is -0.565. The SMILES string of the molecule is Cc1[nH]c(C=C2NC=CN=C2C2C=NNC2=O)c(-c2ccccc2)c1CCC(=O)c1ncc[nH]1. The van der Waals surface area contributed by atoms with Crippen LogP contribution in [0.25, 0.3) is 17.2 Å². The predicted octanol–water partition coefficient (Wildman–Crippen LogP) is 3.12. The van der Waals surface area contributed by atoms with Crippen LogP contribution in [-0.4, -0.2) is 38.6 Å². The number of rotatable bonds is 7. The third kappa shape index (κ3) is 4.11. The molecule has 3 aromatic rings. The molecule has 0 saturated carbocycles. The first-order valence-corrected chi connectivity index (χ1v) is 11.0. The number of nitrogens with zero attached hydrogens (tertiary/aromatic N) is 3. The number of carbonyl (C=O) groups excluding carboxylic acids is 2. The van der Waals surface area contributed by atoms with Gasteiger partial charge < -0.3 is 15.3 Å². The molecule has 1 atom stereocenters. The minimum Gasteiger partial charge on any atom is -0.359 e. The van der Waals surface area contributed by atoms with Crippen molar-refractivity contribution < 1.29 is 9.59 Å². The Labute approximate surface area is 195 Å². The molecule has 9 heteroatoms. The first kappa shape index (κ1) is 21.3. The van der Waals surface area contributed by atoms with Gasteiger partial charge in [-0.15, -0.1) is 0 Å². The number of imidazole rings is 1. The van der Waals surface area contributed by atoms with Gasteiger partial charge in [0.05, 0.1) is 11.4 Å². The summed E-state index contributed by atoms with van der Waals surface area (Å²) in [5, 5.41) is 7.09. The van der Waals surface area contributed by atoms with Gasteiger partial charge in [-0.3, -0.25) is 14.6 Å². The van der Waals surface area contributed by atoms with Crippen molar-refractivity contribution in [2.24, 2.45) is 16.0 Å². The number of nitrogens with one attached hydrogen (secondary N) is 4. The molecule has 1 aromatic carbocycles. The monoisotopic (exact) mass is 453 g/mol. The molecule has 0 aliphatic carbocycles. The van der Waals surface area contributed by atoms with E-state index in [-0.39, 0.29) is 11.7 Å². The van der Waals surface area contributed by atoms with Crippen LogP contribution in [0.5, 0.6) is 0 Å². The van der Waals surface area contributed by atoms with Gasteiger partial charge in [0.2, 0.25) is 0 Å². The van der Waals surface area contributed by atoms with E-state index < -0.39 is 5.92 Å². The van der Waals surface area contributed by atoms with Crippen molar-refractivity contribution in [1.29, 1.82) is 0 Å². The molecule has 2 aliphatic heterocycles. The molecule has 1 amide bonds. The molecule has 4 N–H and O–H groups in total. The predicted molar refractivity (Wildman–Crippen MR) is 130 cm³/mol. The molecule has 9 nitrogen and oxygen atoms in total. The van der Waals surface area contributed by atoms with E-state index in [4.69, 9.17) is 0 Å². The Bertz CT molecular complexity index is 1350. The number of aromatic amines is 2. The second-order valence-electron chi connectivity index (χ2n) is 8.01. The van der Waals surface area contributed by atoms with Gasteiger partial charge in [0, 0.05) is 54.4 Å². The number of hydrazone groups is 1. The quantitative estimate of drug-likeness (QED) is 0.410. The largest absolute Gasteiger partial charge is 0.359 e. The van der Waals surface area contributed by atoms with E-state index in [0.29, 0.717) is 30.1 Å². The normalized spacial score (nSPS) is 18.1. The van der Waals surface area contributed by atoms with Crippen molar-refractivity contribution in [3.05, 3.63) is 83.6 Å². The molecule has 0 bridgehead atoms. The van der Waals surface area contributed by atoms with Gasteiger partial charge in [0.1, 0.15) is 5.92 Å². The number of aryl methyl sites for hydroxylation is 1. The summed E-state index contributed by atoms with van der Waals surface area (Å²) in [5.74, 6) is -0.452. The molecule has 2 aliphatic rings. The number of aromatic nitrogens is 3. The molecule has 1 unspecified atom stereocenters. The van der Waals surface area contributed by atoms with Gasteiger partial charge >= 0.3 is 0 Å².